The van der Waals surface area contributed by atoms with E-state index in [1.54, 1.807) is 0 Å². The third-order valence-electron chi connectivity index (χ3n) is 0. The summed E-state index contributed by atoms with van der Waals surface area (Å²) in [6.07, 6.45) is 0. The monoisotopic (exact) mass is 154 g/mol. The van der Waals surface area contributed by atoms with Crippen LogP contribution in [-0.4, -0.2) is 17.6 Å². The maximum Gasteiger partial charge on any atom is 2.00 e. The van der Waals surface area contributed by atoms with Gasteiger partial charge in [0.1, 0.15) is 0 Å². The van der Waals surface area contributed by atoms with Crippen molar-refractivity contribution in [1.29, 1.82) is 0 Å². The topological polar surface area (TPSA) is 63.2 Å². The van der Waals surface area contributed by atoms with E-state index in [0.29, 0.717) is 0 Å². The van der Waals surface area contributed by atoms with E-state index in [4.69, 9.17) is 14.1 Å². The third-order valence-corrected chi connectivity index (χ3v) is 0. The van der Waals surface area contributed by atoms with Crippen LogP contribution in [0.1, 0.15) is 0 Å². The van der Waals surface area contributed by atoms with Gasteiger partial charge in [-0.25, -0.2) is 0 Å². The first-order chi connectivity index (χ1) is 1.73. The molecule has 6 heavy (non-hydrogen) atoms. The van der Waals surface area contributed by atoms with Gasteiger partial charge in [-0.2, -0.15) is 0 Å². The number of hydrogen-bond acceptors (Lipinski definition) is 3. The van der Waals surface area contributed by atoms with Gasteiger partial charge in [-0.1, -0.05) is 0 Å². The van der Waals surface area contributed by atoms with Gasteiger partial charge < -0.3 is 14.1 Å². The van der Waals surface area contributed by atoms with Gasteiger partial charge >= 0.3 is 19.5 Å². The van der Waals surface area contributed by atoms with Crippen LogP contribution in [0.2, 0.25) is 0 Å². The summed E-state index contributed by atoms with van der Waals surface area (Å²) in [4.78, 5) is 17.0. The van der Waals surface area contributed by atoms with Gasteiger partial charge in [0.2, 0.25) is 0 Å². The molecule has 0 aliphatic rings. The number of rotatable bonds is 0. The van der Waals surface area contributed by atoms with Crippen molar-refractivity contribution in [3.63, 3.8) is 0 Å². The van der Waals surface area contributed by atoms with Crippen molar-refractivity contribution in [2.24, 2.45) is 0 Å². The standard InChI is InChI=1S/BH3.O3Si.Zn/c;1-4(2)3;/h1H3;;/q;-2;+2. The van der Waals surface area contributed by atoms with E-state index in [2.05, 4.69) is 0 Å². The van der Waals surface area contributed by atoms with Gasteiger partial charge in [-0.05, 0) is 0 Å². The molecule has 0 bridgehead atoms. The fourth-order valence-electron chi connectivity index (χ4n) is 0. The molecule has 0 unspecified atom stereocenters. The zero-order valence-electron chi connectivity index (χ0n) is 2.43. The molecule has 0 rings (SSSR count). The molecule has 0 saturated carbocycles. The van der Waals surface area contributed by atoms with Gasteiger partial charge in [-0.15, -0.1) is 0 Å². The summed E-state index contributed by atoms with van der Waals surface area (Å²) in [6.45, 7) is 0. The van der Waals surface area contributed by atoms with Gasteiger partial charge in [0.05, 0.1) is 8.41 Å². The molecule has 0 aromatic rings. The Balaban J connectivity index is -0.0000000450. The summed E-state index contributed by atoms with van der Waals surface area (Å²) in [5.74, 6) is 0. The van der Waals surface area contributed by atoms with Gasteiger partial charge in [0, 0.05) is 9.17 Å². The molecule has 0 amide bonds. The Morgan fingerprint density at radius 1 is 1.33 bits per heavy atom. The minimum Gasteiger partial charge on any atom is -0.672 e. The van der Waals surface area contributed by atoms with Crippen LogP contribution < -0.4 is 9.59 Å². The van der Waals surface area contributed by atoms with Crippen molar-refractivity contribution in [3.8, 4) is 0 Å². The van der Waals surface area contributed by atoms with Crippen LogP contribution in [0.15, 0.2) is 0 Å². The molecule has 0 N–H and O–H groups in total. The molecule has 0 aliphatic heterocycles. The molecule has 0 fully saturated rings. The van der Waals surface area contributed by atoms with Gasteiger partial charge in [0.25, 0.3) is 0 Å². The Morgan fingerprint density at radius 3 is 1.33 bits per heavy atom. The molecule has 6 heteroatoms. The largest absolute Gasteiger partial charge is 2.00 e. The second-order valence-corrected chi connectivity index (χ2v) is 0.750. The van der Waals surface area contributed by atoms with Crippen LogP contribution in [0.5, 0.6) is 0 Å². The summed E-state index contributed by atoms with van der Waals surface area (Å²) in [5.41, 5.74) is 0. The first-order valence-corrected chi connectivity index (χ1v) is 1.84. The average Bonchev–Trinajstić information content (AvgIpc) is 0.811. The molecule has 30 valence electrons. The normalized spacial score (nSPS) is 4.00. The molecular formula is H3BO3SiZn. The zero-order valence-corrected chi connectivity index (χ0v) is 6.40. The van der Waals surface area contributed by atoms with Crippen LogP contribution in [0.4, 0.5) is 0 Å². The van der Waals surface area contributed by atoms with Crippen molar-refractivity contribution in [2.45, 2.75) is 0 Å². The van der Waals surface area contributed by atoms with Crippen LogP contribution >= 0.6 is 0 Å². The van der Waals surface area contributed by atoms with E-state index in [1.165, 1.54) is 0 Å². The fraction of sp³-hybridized carbons (Fsp3) is 0. The van der Waals surface area contributed by atoms with Gasteiger partial charge in [-0.3, -0.25) is 0 Å². The van der Waals surface area contributed by atoms with Crippen molar-refractivity contribution in [2.75, 3.05) is 0 Å². The molecule has 0 atom stereocenters. The smallest absolute Gasteiger partial charge is 0.672 e. The quantitative estimate of drug-likeness (QED) is 0.334. The molecule has 0 aliphatic carbocycles. The Hall–Kier alpha value is 0.305. The van der Waals surface area contributed by atoms with E-state index < -0.39 is 9.17 Å². The van der Waals surface area contributed by atoms with Crippen molar-refractivity contribution >= 4 is 17.6 Å². The van der Waals surface area contributed by atoms with Crippen LogP contribution in [0.25, 0.3) is 0 Å². The summed E-state index contributed by atoms with van der Waals surface area (Å²) in [6, 6.07) is 0. The Labute approximate surface area is 51.6 Å². The number of hydrogen-bond donors (Lipinski definition) is 0. The third kappa shape index (κ3) is 505. The second kappa shape index (κ2) is 9.00. The summed E-state index contributed by atoms with van der Waals surface area (Å²) in [7, 11) is -3.63. The zero-order chi connectivity index (χ0) is 3.58. The summed E-state index contributed by atoms with van der Waals surface area (Å²) >= 11 is 0. The molecule has 3 nitrogen and oxygen atoms in total. The predicted octanol–water partition coefficient (Wildman–Crippen LogP) is -4.06. The molecule has 0 aromatic heterocycles. The maximum atomic E-state index is 8.52. The van der Waals surface area contributed by atoms with E-state index in [-0.39, 0.29) is 27.9 Å². The molecule has 0 aromatic carbocycles. The molecule has 0 saturated heterocycles. The van der Waals surface area contributed by atoms with E-state index in [0.717, 1.165) is 0 Å². The maximum absolute atomic E-state index is 8.52. The second-order valence-electron chi connectivity index (χ2n) is 0.250. The SMILES string of the molecule is B.O=[Si]([O-])[O-].[Zn+2]. The van der Waals surface area contributed by atoms with E-state index >= 15 is 0 Å². The Bertz CT molecular complexity index is 33.8. The first kappa shape index (κ1) is 16.2. The predicted molar refractivity (Wildman–Crippen MR) is 16.4 cm³/mol. The van der Waals surface area contributed by atoms with Gasteiger partial charge in [0.15, 0.2) is 0 Å². The summed E-state index contributed by atoms with van der Waals surface area (Å²) in [5, 5.41) is 0. The molecule has 0 radical (unpaired) electrons. The first-order valence-electron chi connectivity index (χ1n) is 0.612. The Morgan fingerprint density at radius 2 is 1.33 bits per heavy atom. The molecule has 0 spiro atoms. The molecular weight excluding hydrogens is 152 g/mol. The Kier molecular flexibility index (Phi) is 24.4. The van der Waals surface area contributed by atoms with Crippen LogP contribution in [0, 0.1) is 0 Å². The van der Waals surface area contributed by atoms with Crippen LogP contribution in [0.3, 0.4) is 0 Å². The van der Waals surface area contributed by atoms with Crippen molar-refractivity contribution in [3.05, 3.63) is 0 Å². The van der Waals surface area contributed by atoms with E-state index in [1.807, 2.05) is 0 Å². The van der Waals surface area contributed by atoms with E-state index in [9.17, 15) is 0 Å². The minimum absolute atomic E-state index is 0. The van der Waals surface area contributed by atoms with Crippen molar-refractivity contribution in [1.82, 2.24) is 0 Å². The van der Waals surface area contributed by atoms with Crippen LogP contribution in [-0.2, 0) is 23.9 Å². The minimum atomic E-state index is -3.63. The van der Waals surface area contributed by atoms with Crippen molar-refractivity contribution < 1.29 is 33.5 Å². The fourth-order valence-corrected chi connectivity index (χ4v) is 0. The average molecular weight is 155 g/mol. The molecule has 0 heterocycles. The summed E-state index contributed by atoms with van der Waals surface area (Å²) < 4.78 is 8.52.